The quantitative estimate of drug-likeness (QED) is 0.118. The third kappa shape index (κ3) is 4.31. The zero-order valence-electron chi connectivity index (χ0n) is 16.2. The van der Waals surface area contributed by atoms with Gasteiger partial charge in [0, 0.05) is 17.7 Å². The molecule has 3 rings (SSSR count). The Morgan fingerprint density at radius 1 is 0.969 bits per heavy atom. The van der Waals surface area contributed by atoms with Gasteiger partial charge < -0.3 is 44.6 Å². The fraction of sp³-hybridized carbons (Fsp3) is 0.190. The minimum absolute atomic E-state index is 0.117. The number of hydrogen-bond acceptors (Lipinski definition) is 11. The Morgan fingerprint density at radius 3 is 2.25 bits per heavy atom. The van der Waals surface area contributed by atoms with Crippen molar-refractivity contribution in [2.45, 2.75) is 24.4 Å². The fourth-order valence-electron chi connectivity index (χ4n) is 2.87. The average molecular weight is 446 g/mol. The summed E-state index contributed by atoms with van der Waals surface area (Å²) in [6, 6.07) is 10.5. The Kier molecular flexibility index (Phi) is 6.55. The largest absolute Gasteiger partial charge is 0.504 e. The molecule has 11 heteroatoms. The minimum Gasteiger partial charge on any atom is -0.504 e. The molecular weight excluding hydrogens is 428 g/mol. The molecule has 1 heterocycles. The van der Waals surface area contributed by atoms with Gasteiger partial charge in [0.05, 0.1) is 0 Å². The predicted octanol–water partition coefficient (Wildman–Crippen LogP) is -0.581. The highest BCUT2D eigenvalue weighted by Gasteiger charge is 2.36. The van der Waals surface area contributed by atoms with Gasteiger partial charge in [-0.3, -0.25) is 4.79 Å². The number of esters is 1. The van der Waals surface area contributed by atoms with Gasteiger partial charge in [-0.25, -0.2) is 4.79 Å². The smallest absolute Gasteiger partial charge is 0.343 e. The molecule has 168 valence electrons. The number of rotatable bonds is 7. The molecule has 3 aromatic rings. The Bertz CT molecular complexity index is 1200. The number of aliphatic hydroxyl groups is 4. The van der Waals surface area contributed by atoms with E-state index in [1.54, 1.807) is 30.3 Å². The second-order valence-corrected chi connectivity index (χ2v) is 6.76. The van der Waals surface area contributed by atoms with Gasteiger partial charge in [0.25, 0.3) is 0 Å². The Labute approximate surface area is 179 Å². The summed E-state index contributed by atoms with van der Waals surface area (Å²) in [5.41, 5.74) is -0.433. The zero-order valence-corrected chi connectivity index (χ0v) is 16.2. The van der Waals surface area contributed by atoms with Gasteiger partial charge in [0.15, 0.2) is 29.3 Å². The van der Waals surface area contributed by atoms with Gasteiger partial charge in [-0.15, -0.1) is 0 Å². The van der Waals surface area contributed by atoms with E-state index in [2.05, 4.69) is 0 Å². The van der Waals surface area contributed by atoms with Crippen LogP contribution in [0.15, 0.2) is 51.7 Å². The molecule has 2 aromatic carbocycles. The lowest BCUT2D eigenvalue weighted by Gasteiger charge is -2.23. The number of aromatic hydroxyl groups is 2. The van der Waals surface area contributed by atoms with Crippen LogP contribution in [0.2, 0.25) is 0 Å². The fourth-order valence-corrected chi connectivity index (χ4v) is 2.87. The van der Waals surface area contributed by atoms with Gasteiger partial charge in [-0.05, 0) is 0 Å². The van der Waals surface area contributed by atoms with Crippen LogP contribution < -0.4 is 10.2 Å². The van der Waals surface area contributed by atoms with Gasteiger partial charge >= 0.3 is 5.97 Å². The van der Waals surface area contributed by atoms with E-state index in [1.165, 1.54) is 0 Å². The lowest BCUT2D eigenvalue weighted by molar-refractivity contribution is -0.161. The SMILES string of the molecule is O=C[C@H](O)[C@@H](O)[C@H](O)[C@H](O)C(=O)Oc1cc2oc(-c3ccccc3)cc(=O)c2c(O)c1O. The van der Waals surface area contributed by atoms with E-state index in [-0.39, 0.29) is 17.6 Å². The zero-order chi connectivity index (χ0) is 23.6. The Hall–Kier alpha value is -3.77. The van der Waals surface area contributed by atoms with Crippen LogP contribution in [0.4, 0.5) is 0 Å². The lowest BCUT2D eigenvalue weighted by Crippen LogP contribution is -2.49. The molecule has 0 aliphatic carbocycles. The van der Waals surface area contributed by atoms with Crippen molar-refractivity contribution < 1.29 is 49.4 Å². The van der Waals surface area contributed by atoms with Gasteiger partial charge in [-0.2, -0.15) is 0 Å². The topological polar surface area (TPSA) is 195 Å². The van der Waals surface area contributed by atoms with E-state index in [0.717, 1.165) is 12.1 Å². The predicted molar refractivity (Wildman–Crippen MR) is 107 cm³/mol. The molecule has 0 bridgehead atoms. The summed E-state index contributed by atoms with van der Waals surface area (Å²) in [5.74, 6) is -4.20. The lowest BCUT2D eigenvalue weighted by atomic mass is 10.0. The monoisotopic (exact) mass is 446 g/mol. The first-order chi connectivity index (χ1) is 15.1. The minimum atomic E-state index is -2.44. The van der Waals surface area contributed by atoms with Crippen molar-refractivity contribution in [1.29, 1.82) is 0 Å². The van der Waals surface area contributed by atoms with Crippen LogP contribution in [0.3, 0.4) is 0 Å². The molecule has 11 nitrogen and oxygen atoms in total. The number of fused-ring (bicyclic) bond motifs is 1. The van der Waals surface area contributed by atoms with E-state index in [4.69, 9.17) is 9.15 Å². The second kappa shape index (κ2) is 9.16. The molecule has 0 amide bonds. The van der Waals surface area contributed by atoms with Crippen LogP contribution in [0.1, 0.15) is 0 Å². The molecule has 0 aliphatic heterocycles. The van der Waals surface area contributed by atoms with Crippen LogP contribution in [-0.4, -0.2) is 67.3 Å². The first-order valence-corrected chi connectivity index (χ1v) is 9.13. The molecule has 4 atom stereocenters. The number of carbonyl (C=O) groups excluding carboxylic acids is 2. The molecule has 0 saturated heterocycles. The van der Waals surface area contributed by atoms with Gasteiger partial charge in [-0.1, -0.05) is 30.3 Å². The van der Waals surface area contributed by atoms with Crippen LogP contribution in [0.25, 0.3) is 22.3 Å². The molecule has 1 aromatic heterocycles. The first-order valence-electron chi connectivity index (χ1n) is 9.13. The maximum absolute atomic E-state index is 12.5. The van der Waals surface area contributed by atoms with Crippen molar-refractivity contribution >= 4 is 23.2 Å². The van der Waals surface area contributed by atoms with Crippen molar-refractivity contribution in [3.63, 3.8) is 0 Å². The maximum Gasteiger partial charge on any atom is 0.343 e. The summed E-state index contributed by atoms with van der Waals surface area (Å²) in [7, 11) is 0. The third-order valence-corrected chi connectivity index (χ3v) is 4.60. The van der Waals surface area contributed by atoms with Crippen LogP contribution in [0.5, 0.6) is 17.2 Å². The van der Waals surface area contributed by atoms with Crippen molar-refractivity contribution in [2.75, 3.05) is 0 Å². The van der Waals surface area contributed by atoms with Crippen LogP contribution in [-0.2, 0) is 9.59 Å². The highest BCUT2D eigenvalue weighted by atomic mass is 16.6. The second-order valence-electron chi connectivity index (χ2n) is 6.76. The number of carbonyl (C=O) groups is 2. The third-order valence-electron chi connectivity index (χ3n) is 4.60. The van der Waals surface area contributed by atoms with Crippen molar-refractivity contribution in [1.82, 2.24) is 0 Å². The maximum atomic E-state index is 12.5. The number of aldehydes is 1. The average Bonchev–Trinajstić information content (AvgIpc) is 2.80. The number of benzene rings is 2. The highest BCUT2D eigenvalue weighted by molar-refractivity contribution is 5.90. The number of hydrogen-bond donors (Lipinski definition) is 6. The molecule has 0 radical (unpaired) electrons. The first kappa shape index (κ1) is 22.9. The summed E-state index contributed by atoms with van der Waals surface area (Å²) >= 11 is 0. The van der Waals surface area contributed by atoms with Gasteiger partial charge in [0.1, 0.15) is 35.0 Å². The summed E-state index contributed by atoms with van der Waals surface area (Å²) in [6.07, 6.45) is -9.18. The standard InChI is InChI=1S/C21H18O11/c22-8-11(24)16(25)19(28)20(29)21(30)32-14-7-13-15(18(27)17(14)26)10(23)6-12(31-13)9-4-2-1-3-5-9/h1-8,11,16,19-20,24-29H/t11-,16+,19-,20-/m0/s1. The van der Waals surface area contributed by atoms with Gasteiger partial charge in [0.2, 0.25) is 5.75 Å². The van der Waals surface area contributed by atoms with E-state index in [9.17, 15) is 45.0 Å². The number of phenols is 2. The number of phenolic OH excluding ortho intramolecular Hbond substituents is 2. The van der Waals surface area contributed by atoms with E-state index in [0.29, 0.717) is 5.56 Å². The Balaban J connectivity index is 1.98. The Morgan fingerprint density at radius 2 is 1.62 bits per heavy atom. The number of ether oxygens (including phenoxy) is 1. The summed E-state index contributed by atoms with van der Waals surface area (Å²) in [6.45, 7) is 0. The van der Waals surface area contributed by atoms with Crippen LogP contribution in [0, 0.1) is 0 Å². The normalized spacial score (nSPS) is 15.0. The van der Waals surface area contributed by atoms with Crippen LogP contribution >= 0.6 is 0 Å². The molecule has 0 unspecified atom stereocenters. The summed E-state index contributed by atoms with van der Waals surface area (Å²) < 4.78 is 10.4. The van der Waals surface area contributed by atoms with Crippen molar-refractivity contribution in [3.05, 3.63) is 52.7 Å². The molecule has 0 spiro atoms. The molecule has 0 aliphatic rings. The molecule has 0 fully saturated rings. The molecule has 6 N–H and O–H groups in total. The van der Waals surface area contributed by atoms with Crippen molar-refractivity contribution in [3.8, 4) is 28.6 Å². The highest BCUT2D eigenvalue weighted by Crippen LogP contribution is 2.41. The molecular formula is C21H18O11. The molecule has 32 heavy (non-hydrogen) atoms. The van der Waals surface area contributed by atoms with E-state index >= 15 is 0 Å². The number of aliphatic hydroxyl groups excluding tert-OH is 4. The van der Waals surface area contributed by atoms with E-state index < -0.39 is 58.4 Å². The summed E-state index contributed by atoms with van der Waals surface area (Å²) in [5, 5.41) is 58.3. The van der Waals surface area contributed by atoms with E-state index in [1.807, 2.05) is 0 Å². The summed E-state index contributed by atoms with van der Waals surface area (Å²) in [4.78, 5) is 35.1. The van der Waals surface area contributed by atoms with Crippen molar-refractivity contribution in [2.24, 2.45) is 0 Å². The molecule has 0 saturated carbocycles.